The maximum Gasteiger partial charge on any atom is 0.274 e. The first-order valence-corrected chi connectivity index (χ1v) is 3.93. The molecule has 13 heavy (non-hydrogen) atoms. The second-order valence-electron chi connectivity index (χ2n) is 2.14. The molecule has 0 aromatic heterocycles. The summed E-state index contributed by atoms with van der Waals surface area (Å²) < 4.78 is 4.62. The van der Waals surface area contributed by atoms with Gasteiger partial charge in [0.25, 0.3) is 5.97 Å². The number of carbonyl (C=O) groups excluding carboxylic acids is 1. The zero-order valence-electron chi connectivity index (χ0n) is 8.25. The summed E-state index contributed by atoms with van der Waals surface area (Å²) in [5.74, 6) is -0.159. The molecule has 0 unspecified atom stereocenters. The molecule has 0 saturated heterocycles. The van der Waals surface area contributed by atoms with E-state index in [2.05, 4.69) is 11.7 Å². The fourth-order valence-corrected chi connectivity index (χ4v) is 0.676. The van der Waals surface area contributed by atoms with Crippen LogP contribution in [0.3, 0.4) is 0 Å². The third kappa shape index (κ3) is 13.8. The Hall–Kier alpha value is -1.13. The molecule has 0 aromatic rings. The number of rotatable bonds is 5. The van der Waals surface area contributed by atoms with Crippen LogP contribution in [0, 0.1) is 6.61 Å². The minimum Gasteiger partial charge on any atom is -0.637 e. The maximum atomic E-state index is 10.7. The summed E-state index contributed by atoms with van der Waals surface area (Å²) in [5, 5.41) is 0. The van der Waals surface area contributed by atoms with Crippen molar-refractivity contribution in [3.63, 3.8) is 0 Å². The summed E-state index contributed by atoms with van der Waals surface area (Å²) in [5.41, 5.74) is 0. The van der Waals surface area contributed by atoms with E-state index in [1.807, 2.05) is 12.2 Å². The quantitative estimate of drug-likeness (QED) is 0.273. The minimum absolute atomic E-state index is 0. The van der Waals surface area contributed by atoms with Crippen LogP contribution in [0.2, 0.25) is 0 Å². The number of allylic oxidation sites excluding steroid dienone is 2. The van der Waals surface area contributed by atoms with Crippen LogP contribution in [0.1, 0.15) is 33.1 Å². The summed E-state index contributed by atoms with van der Waals surface area (Å²) in [4.78, 5) is 10.7. The Labute approximate surface area is 88.0 Å². The van der Waals surface area contributed by atoms with E-state index in [9.17, 15) is 4.79 Å². The van der Waals surface area contributed by atoms with Crippen molar-refractivity contribution >= 4 is 5.97 Å². The van der Waals surface area contributed by atoms with E-state index >= 15 is 0 Å². The van der Waals surface area contributed by atoms with Gasteiger partial charge in [-0.25, -0.2) is 0 Å². The van der Waals surface area contributed by atoms with Crippen LogP contribution >= 0.6 is 0 Å². The van der Waals surface area contributed by atoms with Gasteiger partial charge in [-0.15, -0.1) is 0 Å². The van der Waals surface area contributed by atoms with Gasteiger partial charge in [0.1, 0.15) is 0 Å². The number of hydrogen-bond donors (Lipinski definition) is 0. The Kier molecular flexibility index (Phi) is 18.5. The smallest absolute Gasteiger partial charge is 0.274 e. The van der Waals surface area contributed by atoms with E-state index in [0.29, 0.717) is 6.42 Å². The maximum absolute atomic E-state index is 10.7. The second-order valence-corrected chi connectivity index (χ2v) is 2.14. The summed E-state index contributed by atoms with van der Waals surface area (Å²) in [6, 6.07) is 0. The number of hydrogen-bond acceptors (Lipinski definition) is 2. The Balaban J connectivity index is -0.000000500. The van der Waals surface area contributed by atoms with Crippen molar-refractivity contribution < 1.29 is 30.0 Å². The molecular weight excluding hydrogens is 593 g/mol. The fraction of sp³-hybridized carbons (Fsp3) is 0.556. The Morgan fingerprint density at radius 1 is 1.46 bits per heavy atom. The van der Waals surface area contributed by atoms with Gasteiger partial charge in [0.05, 0.1) is 0 Å². The van der Waals surface area contributed by atoms with Crippen LogP contribution < -0.4 is 0 Å². The largest absolute Gasteiger partial charge is 0.637 e. The Morgan fingerprint density at radius 3 is 2.54 bits per heavy atom. The van der Waals surface area contributed by atoms with Crippen LogP contribution in [0.5, 0.6) is 0 Å². The molecule has 4 heteroatoms. The van der Waals surface area contributed by atoms with Gasteiger partial charge in [-0.05, 0) is 12.8 Å². The van der Waals surface area contributed by atoms with Crippen molar-refractivity contribution in [2.75, 3.05) is 0 Å². The molecule has 2 nitrogen and oxygen atoms in total. The molecule has 0 N–H and O–H groups in total. The third-order valence-electron chi connectivity index (χ3n) is 1.17. The van der Waals surface area contributed by atoms with Gasteiger partial charge in [0.2, 0.25) is 0 Å². The topological polar surface area (TPSA) is 26.3 Å². The molecule has 0 aliphatic heterocycles. The van der Waals surface area contributed by atoms with Crippen molar-refractivity contribution in [1.82, 2.24) is 0 Å². The van der Waals surface area contributed by atoms with Crippen LogP contribution in [0.15, 0.2) is 12.2 Å². The Morgan fingerprint density at radius 2 is 2.08 bits per heavy atom. The van der Waals surface area contributed by atoms with Gasteiger partial charge >= 0.3 is 0 Å². The van der Waals surface area contributed by atoms with Crippen molar-refractivity contribution in [1.29, 1.82) is 0 Å². The van der Waals surface area contributed by atoms with E-state index in [4.69, 9.17) is 0 Å². The molecule has 73 valence electrons. The van der Waals surface area contributed by atoms with Crippen molar-refractivity contribution in [2.45, 2.75) is 33.1 Å². The predicted molar refractivity (Wildman–Crippen MR) is 44.7 cm³/mol. The molecule has 0 bridgehead atoms. The first kappa shape index (κ1) is 17.8. The molecule has 0 heterocycles. The van der Waals surface area contributed by atoms with E-state index in [-0.39, 0.29) is 26.4 Å². The van der Waals surface area contributed by atoms with Crippen LogP contribution in [-0.2, 0) is 30.0 Å². The molecule has 0 aromatic carbocycles. The number of carbonyl (C=O) groups is 1. The zero-order valence-corrected chi connectivity index (χ0v) is 17.4. The number of esters is 1. The van der Waals surface area contributed by atoms with Crippen molar-refractivity contribution in [3.05, 3.63) is 18.8 Å². The average molecular weight is 608 g/mol. The van der Waals surface area contributed by atoms with Crippen LogP contribution in [-0.4, -0.2) is 5.97 Å². The van der Waals surface area contributed by atoms with Crippen LogP contribution in [0.25, 0.3) is 0 Å². The van der Waals surface area contributed by atoms with E-state index in [1.165, 1.54) is 6.61 Å². The number of ether oxygens (including phenoxy) is 1. The van der Waals surface area contributed by atoms with Crippen molar-refractivity contribution in [2.24, 2.45) is 0 Å². The van der Waals surface area contributed by atoms with E-state index in [0.717, 1.165) is 12.8 Å². The van der Waals surface area contributed by atoms with Gasteiger partial charge in [-0.1, -0.05) is 19.1 Å². The SMILES string of the molecule is C[CH-]OC(=O)CC/C=C\CC.[Re].[Rf]. The second kappa shape index (κ2) is 13.5. The molecule has 0 spiro atoms. The monoisotopic (exact) mass is 609 g/mol. The summed E-state index contributed by atoms with van der Waals surface area (Å²) >= 11 is 0. The standard InChI is InChI=1S/C9H15O2.Re.Rf/c1-3-5-6-7-8-9(10)11-4-2;;/h4-6H,3,7-8H2,1-2H3;;/q-1;;/b6-5-;;. The predicted octanol–water partition coefficient (Wildman–Crippen LogP) is 2.46. The molecule has 0 saturated carbocycles. The average Bonchev–Trinajstić information content (AvgIpc) is 1.99. The molecule has 0 aliphatic carbocycles. The zero-order chi connectivity index (χ0) is 8.53. The molecular formula is C9H15O2ReRf-. The third-order valence-corrected chi connectivity index (χ3v) is 1.17. The molecule has 0 atom stereocenters. The summed E-state index contributed by atoms with van der Waals surface area (Å²) in [6.45, 7) is 5.17. The fourth-order valence-electron chi connectivity index (χ4n) is 0.676. The normalized spacial score (nSPS) is 8.77. The van der Waals surface area contributed by atoms with Crippen molar-refractivity contribution in [3.8, 4) is 0 Å². The van der Waals surface area contributed by atoms with Gasteiger partial charge in [0.15, 0.2) is 0 Å². The molecule has 0 amide bonds. The molecule has 0 fully saturated rings. The first-order valence-electron chi connectivity index (χ1n) is 3.93. The van der Waals surface area contributed by atoms with E-state index < -0.39 is 0 Å². The van der Waals surface area contributed by atoms with Crippen LogP contribution in [0.4, 0.5) is 0 Å². The first-order chi connectivity index (χ1) is 5.31. The molecule has 0 rings (SSSR count). The van der Waals surface area contributed by atoms with Gasteiger partial charge in [-0.2, -0.15) is 13.5 Å². The van der Waals surface area contributed by atoms with E-state index in [1.54, 1.807) is 6.92 Å². The molecule has 0 aliphatic rings. The summed E-state index contributed by atoms with van der Waals surface area (Å²) in [7, 11) is 0. The van der Waals surface area contributed by atoms with Gasteiger partial charge in [-0.3, -0.25) is 4.79 Å². The minimum atomic E-state index is -0.159. The summed E-state index contributed by atoms with van der Waals surface area (Å²) in [6.07, 6.45) is 6.32. The Bertz CT molecular complexity index is 138. The van der Waals surface area contributed by atoms with Gasteiger partial charge < -0.3 is 4.74 Å². The van der Waals surface area contributed by atoms with Gasteiger partial charge in [0, 0.05) is 26.8 Å². The molecule has 1 radical (unpaired) electrons.